The fourth-order valence-electron chi connectivity index (χ4n) is 2.87. The van der Waals surface area contributed by atoms with E-state index in [4.69, 9.17) is 0 Å². The highest BCUT2D eigenvalue weighted by Crippen LogP contribution is 2.28. The lowest BCUT2D eigenvalue weighted by molar-refractivity contribution is 0.475. The highest BCUT2D eigenvalue weighted by Gasteiger charge is 2.04. The number of benzene rings is 3. The average molecular weight is 338 g/mol. The Morgan fingerprint density at radius 2 is 1.27 bits per heavy atom. The predicted molar refractivity (Wildman–Crippen MR) is 106 cm³/mol. The number of phenolic OH excluding ortho intramolecular Hbond substituents is 1. The standard InChI is InChI=1S/C23H18N2O/c26-23-11-9-17(10-12-23)19-13-20(16-24-15-19)18-5-4-8-22(14-18)25-21-6-2-1-3-7-21/h1-16,25-26H. The number of aromatic hydroxyl groups is 1. The largest absolute Gasteiger partial charge is 0.508 e. The quantitative estimate of drug-likeness (QED) is 0.489. The third kappa shape index (κ3) is 3.57. The number of aromatic nitrogens is 1. The van der Waals surface area contributed by atoms with Gasteiger partial charge in [-0.2, -0.15) is 0 Å². The molecule has 3 nitrogen and oxygen atoms in total. The number of anilines is 2. The Hall–Kier alpha value is -3.59. The van der Waals surface area contributed by atoms with Crippen molar-refractivity contribution in [3.8, 4) is 28.0 Å². The third-order valence-electron chi connectivity index (χ3n) is 4.20. The van der Waals surface area contributed by atoms with Crippen molar-refractivity contribution < 1.29 is 5.11 Å². The first kappa shape index (κ1) is 15.9. The van der Waals surface area contributed by atoms with E-state index >= 15 is 0 Å². The molecular weight excluding hydrogens is 320 g/mol. The number of pyridine rings is 1. The van der Waals surface area contributed by atoms with Crippen LogP contribution in [0, 0.1) is 0 Å². The van der Waals surface area contributed by atoms with E-state index in [0.29, 0.717) is 0 Å². The minimum absolute atomic E-state index is 0.262. The summed E-state index contributed by atoms with van der Waals surface area (Å²) in [5.74, 6) is 0.262. The van der Waals surface area contributed by atoms with Gasteiger partial charge in [0.25, 0.3) is 0 Å². The second kappa shape index (κ2) is 7.11. The molecule has 0 spiro atoms. The van der Waals surface area contributed by atoms with Gasteiger partial charge in [0.1, 0.15) is 5.75 Å². The Morgan fingerprint density at radius 1 is 0.577 bits per heavy atom. The van der Waals surface area contributed by atoms with Crippen LogP contribution in [-0.4, -0.2) is 10.1 Å². The van der Waals surface area contributed by atoms with E-state index in [2.05, 4.69) is 28.5 Å². The molecule has 126 valence electrons. The molecule has 3 heteroatoms. The third-order valence-corrected chi connectivity index (χ3v) is 4.20. The molecule has 0 atom stereocenters. The van der Waals surface area contributed by atoms with Gasteiger partial charge in [0.2, 0.25) is 0 Å². The minimum Gasteiger partial charge on any atom is -0.508 e. The number of hydrogen-bond acceptors (Lipinski definition) is 3. The topological polar surface area (TPSA) is 45.2 Å². The summed E-state index contributed by atoms with van der Waals surface area (Å²) in [6.45, 7) is 0. The van der Waals surface area contributed by atoms with E-state index < -0.39 is 0 Å². The highest BCUT2D eigenvalue weighted by atomic mass is 16.3. The molecule has 1 aromatic heterocycles. The molecule has 0 saturated carbocycles. The van der Waals surface area contributed by atoms with Gasteiger partial charge in [0, 0.05) is 34.9 Å². The first-order valence-corrected chi connectivity index (χ1v) is 8.45. The molecular formula is C23H18N2O. The number of nitrogens with zero attached hydrogens (tertiary/aromatic N) is 1. The van der Waals surface area contributed by atoms with Crippen LogP contribution >= 0.6 is 0 Å². The van der Waals surface area contributed by atoms with Gasteiger partial charge in [0.05, 0.1) is 0 Å². The van der Waals surface area contributed by atoms with E-state index in [1.165, 1.54) is 0 Å². The van der Waals surface area contributed by atoms with Gasteiger partial charge in [-0.1, -0.05) is 42.5 Å². The van der Waals surface area contributed by atoms with Crippen LogP contribution in [0.15, 0.2) is 97.3 Å². The second-order valence-corrected chi connectivity index (χ2v) is 6.08. The average Bonchev–Trinajstić information content (AvgIpc) is 2.70. The molecule has 0 aliphatic heterocycles. The fraction of sp³-hybridized carbons (Fsp3) is 0. The monoisotopic (exact) mass is 338 g/mol. The molecule has 1 heterocycles. The molecule has 0 aliphatic carbocycles. The number of rotatable bonds is 4. The summed E-state index contributed by atoms with van der Waals surface area (Å²) in [5, 5.41) is 12.9. The zero-order chi connectivity index (χ0) is 17.8. The smallest absolute Gasteiger partial charge is 0.115 e. The van der Waals surface area contributed by atoms with Gasteiger partial charge >= 0.3 is 0 Å². The molecule has 4 aromatic rings. The van der Waals surface area contributed by atoms with Crippen molar-refractivity contribution in [3.63, 3.8) is 0 Å². The molecule has 0 aliphatic rings. The van der Waals surface area contributed by atoms with Crippen LogP contribution in [0.2, 0.25) is 0 Å². The molecule has 26 heavy (non-hydrogen) atoms. The van der Waals surface area contributed by atoms with Crippen LogP contribution < -0.4 is 5.32 Å². The highest BCUT2D eigenvalue weighted by molar-refractivity contribution is 5.75. The van der Waals surface area contributed by atoms with Crippen LogP contribution in [0.5, 0.6) is 5.75 Å². The van der Waals surface area contributed by atoms with Crippen LogP contribution in [0.4, 0.5) is 11.4 Å². The van der Waals surface area contributed by atoms with Crippen molar-refractivity contribution in [2.75, 3.05) is 5.32 Å². The van der Waals surface area contributed by atoms with E-state index in [0.717, 1.165) is 33.6 Å². The van der Waals surface area contributed by atoms with E-state index in [1.54, 1.807) is 12.1 Å². The maximum absolute atomic E-state index is 9.47. The predicted octanol–water partition coefficient (Wildman–Crippen LogP) is 5.86. The summed E-state index contributed by atoms with van der Waals surface area (Å²) in [4.78, 5) is 4.39. The Morgan fingerprint density at radius 3 is 2.04 bits per heavy atom. The molecule has 0 radical (unpaired) electrons. The molecule has 4 rings (SSSR count). The van der Waals surface area contributed by atoms with Crippen LogP contribution in [-0.2, 0) is 0 Å². The Balaban J connectivity index is 1.64. The lowest BCUT2D eigenvalue weighted by Gasteiger charge is -2.09. The van der Waals surface area contributed by atoms with Crippen LogP contribution in [0.25, 0.3) is 22.3 Å². The molecule has 0 fully saturated rings. The van der Waals surface area contributed by atoms with Gasteiger partial charge < -0.3 is 10.4 Å². The van der Waals surface area contributed by atoms with Crippen LogP contribution in [0.3, 0.4) is 0 Å². The van der Waals surface area contributed by atoms with Crippen molar-refractivity contribution in [2.45, 2.75) is 0 Å². The zero-order valence-corrected chi connectivity index (χ0v) is 14.1. The summed E-state index contributed by atoms with van der Waals surface area (Å²) in [6.07, 6.45) is 3.70. The van der Waals surface area contributed by atoms with Gasteiger partial charge in [-0.3, -0.25) is 4.98 Å². The Bertz CT molecular complexity index is 1010. The first-order chi connectivity index (χ1) is 12.8. The molecule has 0 amide bonds. The summed E-state index contributed by atoms with van der Waals surface area (Å²) < 4.78 is 0. The Labute approximate surface area is 152 Å². The lowest BCUT2D eigenvalue weighted by Crippen LogP contribution is -1.90. The maximum atomic E-state index is 9.47. The Kier molecular flexibility index (Phi) is 4.35. The number of para-hydroxylation sites is 1. The van der Waals surface area contributed by atoms with Gasteiger partial charge in [-0.05, 0) is 53.6 Å². The SMILES string of the molecule is Oc1ccc(-c2cncc(-c3cccc(Nc4ccccc4)c3)c2)cc1. The summed E-state index contributed by atoms with van der Waals surface area (Å²) >= 11 is 0. The number of nitrogens with one attached hydrogen (secondary N) is 1. The van der Waals surface area contributed by atoms with E-state index in [1.807, 2.05) is 67.0 Å². The number of hydrogen-bond donors (Lipinski definition) is 2. The summed E-state index contributed by atoms with van der Waals surface area (Å²) in [7, 11) is 0. The first-order valence-electron chi connectivity index (χ1n) is 8.45. The summed E-state index contributed by atoms with van der Waals surface area (Å²) in [5.41, 5.74) is 6.27. The second-order valence-electron chi connectivity index (χ2n) is 6.08. The normalized spacial score (nSPS) is 10.5. The maximum Gasteiger partial charge on any atom is 0.115 e. The molecule has 0 bridgehead atoms. The van der Waals surface area contributed by atoms with Crippen molar-refractivity contribution in [1.29, 1.82) is 0 Å². The van der Waals surface area contributed by atoms with Gasteiger partial charge in [-0.15, -0.1) is 0 Å². The van der Waals surface area contributed by atoms with Crippen LogP contribution in [0.1, 0.15) is 0 Å². The van der Waals surface area contributed by atoms with Gasteiger partial charge in [-0.25, -0.2) is 0 Å². The molecule has 0 saturated heterocycles. The van der Waals surface area contributed by atoms with E-state index in [9.17, 15) is 5.11 Å². The van der Waals surface area contributed by atoms with Crippen molar-refractivity contribution in [3.05, 3.63) is 97.3 Å². The molecule has 3 aromatic carbocycles. The molecule has 0 unspecified atom stereocenters. The summed E-state index contributed by atoms with van der Waals surface area (Å²) in [6, 6.07) is 27.7. The number of phenols is 1. The minimum atomic E-state index is 0.262. The van der Waals surface area contributed by atoms with Crippen molar-refractivity contribution in [1.82, 2.24) is 4.98 Å². The van der Waals surface area contributed by atoms with E-state index in [-0.39, 0.29) is 5.75 Å². The van der Waals surface area contributed by atoms with Gasteiger partial charge in [0.15, 0.2) is 0 Å². The van der Waals surface area contributed by atoms with Crippen molar-refractivity contribution >= 4 is 11.4 Å². The van der Waals surface area contributed by atoms with Crippen molar-refractivity contribution in [2.24, 2.45) is 0 Å². The lowest BCUT2D eigenvalue weighted by atomic mass is 10.0. The zero-order valence-electron chi connectivity index (χ0n) is 14.1. The molecule has 2 N–H and O–H groups in total. The fourth-order valence-corrected chi connectivity index (χ4v) is 2.87.